The predicted molar refractivity (Wildman–Crippen MR) is 79.3 cm³/mol. The zero-order valence-electron chi connectivity index (χ0n) is 12.1. The van der Waals surface area contributed by atoms with Gasteiger partial charge < -0.3 is 10.2 Å². The van der Waals surface area contributed by atoms with E-state index in [4.69, 9.17) is 0 Å². The third-order valence-corrected chi connectivity index (χ3v) is 5.67. The second kappa shape index (κ2) is 5.69. The van der Waals surface area contributed by atoms with Gasteiger partial charge in [0.25, 0.3) is 0 Å². The van der Waals surface area contributed by atoms with Gasteiger partial charge in [-0.05, 0) is 33.0 Å². The lowest BCUT2D eigenvalue weighted by Gasteiger charge is -2.37. The lowest BCUT2D eigenvalue weighted by Crippen LogP contribution is -2.47. The summed E-state index contributed by atoms with van der Waals surface area (Å²) in [6.07, 6.45) is 0. The molecule has 1 N–H and O–H groups in total. The summed E-state index contributed by atoms with van der Waals surface area (Å²) in [6, 6.07) is 4.71. The molecule has 2 atom stereocenters. The summed E-state index contributed by atoms with van der Waals surface area (Å²) in [6.45, 7) is 4.18. The largest absolute Gasteiger partial charge is 0.366 e. The van der Waals surface area contributed by atoms with Crippen molar-refractivity contribution in [3.05, 3.63) is 29.6 Å². The molecule has 0 radical (unpaired) electrons. The molecule has 1 aliphatic rings. The Morgan fingerprint density at radius 3 is 2.75 bits per heavy atom. The summed E-state index contributed by atoms with van der Waals surface area (Å²) in [7, 11) is -1.19. The van der Waals surface area contributed by atoms with E-state index in [1.54, 1.807) is 13.1 Å². The molecule has 20 heavy (non-hydrogen) atoms. The van der Waals surface area contributed by atoms with Crippen LogP contribution in [0.25, 0.3) is 0 Å². The van der Waals surface area contributed by atoms with E-state index in [9.17, 15) is 12.8 Å². The molecule has 1 aliphatic heterocycles. The Hall–Kier alpha value is -1.14. The number of hydrogen-bond acceptors (Lipinski definition) is 4. The summed E-state index contributed by atoms with van der Waals surface area (Å²) in [5.41, 5.74) is 1.38. The summed E-state index contributed by atoms with van der Waals surface area (Å²) in [5.74, 6) is -0.0111. The Bertz CT molecular complexity index is 589. The van der Waals surface area contributed by atoms with Crippen LogP contribution in [-0.4, -0.2) is 39.6 Å². The average Bonchev–Trinajstić information content (AvgIpc) is 2.36. The van der Waals surface area contributed by atoms with E-state index in [2.05, 4.69) is 5.32 Å². The van der Waals surface area contributed by atoms with Crippen molar-refractivity contribution in [2.75, 3.05) is 30.0 Å². The van der Waals surface area contributed by atoms with Crippen molar-refractivity contribution in [3.63, 3.8) is 0 Å². The summed E-state index contributed by atoms with van der Waals surface area (Å²) in [4.78, 5) is 1.99. The number of benzene rings is 1. The van der Waals surface area contributed by atoms with Crippen LogP contribution in [0.1, 0.15) is 25.5 Å². The number of halogens is 1. The van der Waals surface area contributed by atoms with Crippen molar-refractivity contribution in [3.8, 4) is 0 Å². The molecule has 0 amide bonds. The van der Waals surface area contributed by atoms with Crippen LogP contribution in [0.15, 0.2) is 18.2 Å². The quantitative estimate of drug-likeness (QED) is 0.923. The van der Waals surface area contributed by atoms with Crippen molar-refractivity contribution in [1.82, 2.24) is 5.32 Å². The summed E-state index contributed by atoms with van der Waals surface area (Å²) < 4.78 is 37.5. The smallest absolute Gasteiger partial charge is 0.154 e. The van der Waals surface area contributed by atoms with Gasteiger partial charge in [-0.15, -0.1) is 0 Å². The molecule has 6 heteroatoms. The minimum Gasteiger partial charge on any atom is -0.366 e. The van der Waals surface area contributed by atoms with Gasteiger partial charge in [-0.3, -0.25) is 0 Å². The molecule has 1 aromatic carbocycles. The van der Waals surface area contributed by atoms with Gasteiger partial charge in [0.2, 0.25) is 0 Å². The molecule has 1 fully saturated rings. The maximum absolute atomic E-state index is 14.1. The molecule has 0 saturated carbocycles. The molecule has 1 saturated heterocycles. The van der Waals surface area contributed by atoms with Crippen LogP contribution in [0.3, 0.4) is 0 Å². The highest BCUT2D eigenvalue weighted by atomic mass is 32.2. The SMILES string of the molecule is CNC(C)c1c(F)cccc1N1CCS(=O)(=O)CC1C. The van der Waals surface area contributed by atoms with Crippen LogP contribution < -0.4 is 10.2 Å². The molecular formula is C14H21FN2O2S. The summed E-state index contributed by atoms with van der Waals surface area (Å²) in [5, 5.41) is 3.05. The molecule has 112 valence electrons. The van der Waals surface area contributed by atoms with Crippen molar-refractivity contribution in [2.24, 2.45) is 0 Å². The molecule has 1 heterocycles. The number of sulfone groups is 1. The second-order valence-corrected chi connectivity index (χ2v) is 7.57. The molecule has 0 spiro atoms. The van der Waals surface area contributed by atoms with Crippen LogP contribution >= 0.6 is 0 Å². The molecule has 1 aromatic rings. The van der Waals surface area contributed by atoms with Crippen LogP contribution in [0.2, 0.25) is 0 Å². The first-order chi connectivity index (χ1) is 9.35. The Morgan fingerprint density at radius 2 is 2.15 bits per heavy atom. The van der Waals surface area contributed by atoms with Crippen LogP contribution in [0, 0.1) is 5.82 Å². The first kappa shape index (κ1) is 15.3. The molecule has 0 aliphatic carbocycles. The van der Waals surface area contributed by atoms with Gasteiger partial charge in [0.05, 0.1) is 11.5 Å². The van der Waals surface area contributed by atoms with E-state index in [-0.39, 0.29) is 29.4 Å². The van der Waals surface area contributed by atoms with E-state index < -0.39 is 9.84 Å². The second-order valence-electron chi connectivity index (χ2n) is 5.34. The number of nitrogens with one attached hydrogen (secondary N) is 1. The monoisotopic (exact) mass is 300 g/mol. The lowest BCUT2D eigenvalue weighted by molar-refractivity contribution is 0.549. The average molecular weight is 300 g/mol. The molecular weight excluding hydrogens is 279 g/mol. The fraction of sp³-hybridized carbons (Fsp3) is 0.571. The highest BCUT2D eigenvalue weighted by Crippen LogP contribution is 2.31. The fourth-order valence-electron chi connectivity index (χ4n) is 2.71. The molecule has 2 unspecified atom stereocenters. The topological polar surface area (TPSA) is 49.4 Å². The van der Waals surface area contributed by atoms with Crippen molar-refractivity contribution in [2.45, 2.75) is 25.9 Å². The minimum atomic E-state index is -2.97. The third-order valence-electron chi connectivity index (χ3n) is 3.88. The lowest BCUT2D eigenvalue weighted by atomic mass is 10.0. The highest BCUT2D eigenvalue weighted by Gasteiger charge is 2.30. The standard InChI is InChI=1S/C14H21FN2O2S/c1-10-9-20(18,19)8-7-17(10)13-6-4-5-12(15)14(13)11(2)16-3/h4-6,10-11,16H,7-9H2,1-3H3. The van der Waals surface area contributed by atoms with Crippen LogP contribution in [0.4, 0.5) is 10.1 Å². The van der Waals surface area contributed by atoms with Gasteiger partial charge >= 0.3 is 0 Å². The Kier molecular flexibility index (Phi) is 4.34. The van der Waals surface area contributed by atoms with Gasteiger partial charge in [0.15, 0.2) is 9.84 Å². The van der Waals surface area contributed by atoms with Gasteiger partial charge in [-0.1, -0.05) is 6.07 Å². The molecule has 4 nitrogen and oxygen atoms in total. The number of anilines is 1. The Balaban J connectivity index is 2.41. The van der Waals surface area contributed by atoms with Crippen molar-refractivity contribution in [1.29, 1.82) is 0 Å². The first-order valence-electron chi connectivity index (χ1n) is 6.78. The number of nitrogens with zero attached hydrogens (tertiary/aromatic N) is 1. The van der Waals surface area contributed by atoms with E-state index in [1.165, 1.54) is 6.07 Å². The van der Waals surface area contributed by atoms with Gasteiger partial charge in [0, 0.05) is 29.9 Å². The first-order valence-corrected chi connectivity index (χ1v) is 8.60. The maximum atomic E-state index is 14.1. The fourth-order valence-corrected chi connectivity index (χ4v) is 4.26. The van der Waals surface area contributed by atoms with Gasteiger partial charge in [0.1, 0.15) is 5.82 Å². The van der Waals surface area contributed by atoms with E-state index in [1.807, 2.05) is 24.8 Å². The molecule has 2 rings (SSSR count). The number of hydrogen-bond donors (Lipinski definition) is 1. The maximum Gasteiger partial charge on any atom is 0.154 e. The van der Waals surface area contributed by atoms with Crippen molar-refractivity contribution < 1.29 is 12.8 Å². The van der Waals surface area contributed by atoms with Gasteiger partial charge in [-0.25, -0.2) is 12.8 Å². The zero-order valence-corrected chi connectivity index (χ0v) is 12.9. The Labute approximate surface area is 119 Å². The van der Waals surface area contributed by atoms with E-state index in [0.29, 0.717) is 12.1 Å². The van der Waals surface area contributed by atoms with Crippen LogP contribution in [0.5, 0.6) is 0 Å². The zero-order chi connectivity index (χ0) is 14.9. The minimum absolute atomic E-state index is 0.122. The predicted octanol–water partition coefficient (Wildman–Crippen LogP) is 1.73. The highest BCUT2D eigenvalue weighted by molar-refractivity contribution is 7.91. The number of rotatable bonds is 3. The van der Waals surface area contributed by atoms with Crippen LogP contribution in [-0.2, 0) is 9.84 Å². The van der Waals surface area contributed by atoms with Crippen molar-refractivity contribution >= 4 is 15.5 Å². The van der Waals surface area contributed by atoms with E-state index >= 15 is 0 Å². The summed E-state index contributed by atoms with van der Waals surface area (Å²) >= 11 is 0. The molecule has 0 bridgehead atoms. The van der Waals surface area contributed by atoms with E-state index in [0.717, 1.165) is 5.69 Å². The molecule has 0 aromatic heterocycles. The normalized spacial score (nSPS) is 23.6. The Morgan fingerprint density at radius 1 is 1.45 bits per heavy atom. The third kappa shape index (κ3) is 2.96. The van der Waals surface area contributed by atoms with Gasteiger partial charge in [-0.2, -0.15) is 0 Å².